The fourth-order valence-corrected chi connectivity index (χ4v) is 1.29. The van der Waals surface area contributed by atoms with E-state index in [1.807, 2.05) is 19.1 Å². The lowest BCUT2D eigenvalue weighted by molar-refractivity contribution is 0.112. The van der Waals surface area contributed by atoms with Crippen LogP contribution in [0.3, 0.4) is 0 Å². The Bertz CT molecular complexity index is 382. The molecule has 0 fully saturated rings. The third kappa shape index (κ3) is 4.39. The number of carbonyl (C=O) groups is 1. The number of aldehydes is 1. The van der Waals surface area contributed by atoms with Crippen LogP contribution in [0.1, 0.15) is 43.1 Å². The molecule has 1 atom stereocenters. The minimum absolute atomic E-state index is 0.437. The molecule has 1 rings (SSSR count). The second-order valence-electron chi connectivity index (χ2n) is 4.17. The van der Waals surface area contributed by atoms with Crippen LogP contribution in [0, 0.1) is 5.92 Å². The third-order valence-electron chi connectivity index (χ3n) is 2.88. The van der Waals surface area contributed by atoms with E-state index in [1.165, 1.54) is 0 Å². The first-order valence-corrected chi connectivity index (χ1v) is 5.88. The Balaban J connectivity index is 2.47. The van der Waals surface area contributed by atoms with Gasteiger partial charge in [0.1, 0.15) is 12.9 Å². The average Bonchev–Trinajstić information content (AvgIpc) is 2.38. The molecule has 17 heavy (non-hydrogen) atoms. The number of nitrogens with zero attached hydrogens (tertiary/aromatic N) is 1. The molecule has 3 nitrogen and oxygen atoms in total. The summed E-state index contributed by atoms with van der Waals surface area (Å²) in [5.74, 6) is 0.451. The van der Waals surface area contributed by atoms with Gasteiger partial charge in [-0.2, -0.15) is 0 Å². The molecule has 3 heteroatoms. The third-order valence-corrected chi connectivity index (χ3v) is 2.88. The fraction of sp³-hybridized carbons (Fsp3) is 0.429. The molecule has 0 aliphatic heterocycles. The lowest BCUT2D eigenvalue weighted by Crippen LogP contribution is -2.06. The van der Waals surface area contributed by atoms with E-state index in [-0.39, 0.29) is 0 Å². The van der Waals surface area contributed by atoms with Gasteiger partial charge < -0.3 is 4.84 Å². The lowest BCUT2D eigenvalue weighted by atomic mass is 10.1. The second-order valence-corrected chi connectivity index (χ2v) is 4.17. The molecule has 1 aromatic carbocycles. The van der Waals surface area contributed by atoms with Crippen molar-refractivity contribution >= 4 is 12.0 Å². The number of benzene rings is 1. The highest BCUT2D eigenvalue weighted by Gasteiger charge is 2.02. The molecule has 0 aliphatic rings. The van der Waals surface area contributed by atoms with E-state index in [9.17, 15) is 4.79 Å². The quantitative estimate of drug-likeness (QED) is 0.429. The van der Waals surface area contributed by atoms with Gasteiger partial charge >= 0.3 is 0 Å². The standard InChI is InChI=1S/C14H19NO2/c1-4-11(2)12(3)15-17-10-14-7-5-13(9-16)6-8-14/h5-9,11H,4,10H2,1-3H3/b15-12+. The van der Waals surface area contributed by atoms with Gasteiger partial charge in [-0.05, 0) is 24.8 Å². The van der Waals surface area contributed by atoms with Gasteiger partial charge in [0, 0.05) is 5.56 Å². The van der Waals surface area contributed by atoms with Gasteiger partial charge in [-0.3, -0.25) is 4.79 Å². The van der Waals surface area contributed by atoms with Crippen molar-refractivity contribution in [2.24, 2.45) is 11.1 Å². The average molecular weight is 233 g/mol. The smallest absolute Gasteiger partial charge is 0.150 e. The maximum Gasteiger partial charge on any atom is 0.150 e. The fourth-order valence-electron chi connectivity index (χ4n) is 1.29. The van der Waals surface area contributed by atoms with Crippen molar-refractivity contribution in [3.8, 4) is 0 Å². The topological polar surface area (TPSA) is 38.7 Å². The molecule has 0 radical (unpaired) electrons. The van der Waals surface area contributed by atoms with E-state index in [4.69, 9.17) is 4.84 Å². The molecule has 0 saturated carbocycles. The summed E-state index contributed by atoms with van der Waals surface area (Å²) in [5.41, 5.74) is 2.70. The number of hydrogen-bond acceptors (Lipinski definition) is 3. The molecule has 0 heterocycles. The van der Waals surface area contributed by atoms with Gasteiger partial charge in [0.2, 0.25) is 0 Å². The summed E-state index contributed by atoms with van der Waals surface area (Å²) in [6.45, 7) is 6.67. The van der Waals surface area contributed by atoms with Gasteiger partial charge in [0.05, 0.1) is 5.71 Å². The minimum Gasteiger partial charge on any atom is -0.391 e. The van der Waals surface area contributed by atoms with Crippen molar-refractivity contribution in [2.75, 3.05) is 0 Å². The van der Waals surface area contributed by atoms with Crippen molar-refractivity contribution in [3.63, 3.8) is 0 Å². The van der Waals surface area contributed by atoms with Crippen molar-refractivity contribution in [1.82, 2.24) is 0 Å². The summed E-state index contributed by atoms with van der Waals surface area (Å²) in [4.78, 5) is 15.8. The highest BCUT2D eigenvalue weighted by atomic mass is 16.6. The van der Waals surface area contributed by atoms with Crippen LogP contribution < -0.4 is 0 Å². The first kappa shape index (κ1) is 13.4. The van der Waals surface area contributed by atoms with Gasteiger partial charge in [0.25, 0.3) is 0 Å². The van der Waals surface area contributed by atoms with Crippen LogP contribution in [0.5, 0.6) is 0 Å². The summed E-state index contributed by atoms with van der Waals surface area (Å²) in [7, 11) is 0. The summed E-state index contributed by atoms with van der Waals surface area (Å²) in [6, 6.07) is 7.30. The summed E-state index contributed by atoms with van der Waals surface area (Å²) < 4.78 is 0. The molecule has 0 saturated heterocycles. The Morgan fingerprint density at radius 1 is 1.41 bits per heavy atom. The van der Waals surface area contributed by atoms with E-state index in [0.717, 1.165) is 24.0 Å². The number of oxime groups is 1. The monoisotopic (exact) mass is 233 g/mol. The van der Waals surface area contributed by atoms with Crippen LogP contribution in [0.25, 0.3) is 0 Å². The molecule has 0 amide bonds. The van der Waals surface area contributed by atoms with Crippen LogP contribution in [0.2, 0.25) is 0 Å². The Hall–Kier alpha value is -1.64. The highest BCUT2D eigenvalue weighted by Crippen LogP contribution is 2.07. The molecule has 0 bridgehead atoms. The number of hydrogen-bond donors (Lipinski definition) is 0. The molecule has 0 N–H and O–H groups in total. The van der Waals surface area contributed by atoms with Gasteiger partial charge in [-0.15, -0.1) is 0 Å². The van der Waals surface area contributed by atoms with E-state index in [1.54, 1.807) is 12.1 Å². The molecular weight excluding hydrogens is 214 g/mol. The Labute approximate surface area is 102 Å². The maximum absolute atomic E-state index is 10.5. The molecular formula is C14H19NO2. The lowest BCUT2D eigenvalue weighted by Gasteiger charge is -2.07. The van der Waals surface area contributed by atoms with Crippen molar-refractivity contribution in [1.29, 1.82) is 0 Å². The second kappa shape index (κ2) is 6.84. The zero-order valence-electron chi connectivity index (χ0n) is 10.6. The van der Waals surface area contributed by atoms with Crippen LogP contribution in [0.4, 0.5) is 0 Å². The summed E-state index contributed by atoms with van der Waals surface area (Å²) in [6.07, 6.45) is 1.89. The molecule has 0 aliphatic carbocycles. The van der Waals surface area contributed by atoms with Crippen LogP contribution in [-0.2, 0) is 11.4 Å². The van der Waals surface area contributed by atoms with Gasteiger partial charge in [-0.25, -0.2) is 0 Å². The molecule has 92 valence electrons. The largest absolute Gasteiger partial charge is 0.391 e. The van der Waals surface area contributed by atoms with Crippen LogP contribution in [-0.4, -0.2) is 12.0 Å². The molecule has 0 aromatic heterocycles. The van der Waals surface area contributed by atoms with Crippen molar-refractivity contribution < 1.29 is 9.63 Å². The first-order valence-electron chi connectivity index (χ1n) is 5.88. The van der Waals surface area contributed by atoms with Gasteiger partial charge in [0.15, 0.2) is 0 Å². The van der Waals surface area contributed by atoms with Crippen LogP contribution in [0.15, 0.2) is 29.4 Å². The predicted molar refractivity (Wildman–Crippen MR) is 69.2 cm³/mol. The SMILES string of the molecule is CCC(C)/C(C)=N/OCc1ccc(C=O)cc1. The van der Waals surface area contributed by atoms with Crippen molar-refractivity contribution in [3.05, 3.63) is 35.4 Å². The van der Waals surface area contributed by atoms with E-state index < -0.39 is 0 Å². The normalized spacial score (nSPS) is 13.2. The van der Waals surface area contributed by atoms with Crippen molar-refractivity contribution in [2.45, 2.75) is 33.8 Å². The zero-order chi connectivity index (χ0) is 12.7. The van der Waals surface area contributed by atoms with Gasteiger partial charge in [-0.1, -0.05) is 43.3 Å². The van der Waals surface area contributed by atoms with E-state index in [0.29, 0.717) is 18.1 Å². The van der Waals surface area contributed by atoms with E-state index in [2.05, 4.69) is 19.0 Å². The minimum atomic E-state index is 0.437. The Morgan fingerprint density at radius 3 is 2.59 bits per heavy atom. The maximum atomic E-state index is 10.5. The first-order chi connectivity index (χ1) is 8.17. The Morgan fingerprint density at radius 2 is 2.06 bits per heavy atom. The molecule has 1 aromatic rings. The summed E-state index contributed by atoms with van der Waals surface area (Å²) >= 11 is 0. The molecule has 0 spiro atoms. The summed E-state index contributed by atoms with van der Waals surface area (Å²) in [5, 5.41) is 4.08. The highest BCUT2D eigenvalue weighted by molar-refractivity contribution is 5.83. The predicted octanol–water partition coefficient (Wildman–Crippen LogP) is 3.44. The molecule has 1 unspecified atom stereocenters. The number of carbonyl (C=O) groups excluding carboxylic acids is 1. The van der Waals surface area contributed by atoms with Crippen LogP contribution >= 0.6 is 0 Å². The van der Waals surface area contributed by atoms with E-state index >= 15 is 0 Å². The number of rotatable bonds is 6. The Kier molecular flexibility index (Phi) is 5.40. The zero-order valence-corrected chi connectivity index (χ0v) is 10.6.